The normalized spacial score (nSPS) is 18.3. The van der Waals surface area contributed by atoms with E-state index in [1.165, 1.54) is 10.4 Å². The van der Waals surface area contributed by atoms with Crippen molar-refractivity contribution in [3.63, 3.8) is 0 Å². The molecular weight excluding hydrogens is 364 g/mol. The third kappa shape index (κ3) is 3.69. The van der Waals surface area contributed by atoms with Crippen molar-refractivity contribution in [3.05, 3.63) is 39.8 Å². The number of thiophene rings is 1. The van der Waals surface area contributed by atoms with E-state index < -0.39 is 0 Å². The number of aromatic nitrogens is 2. The number of carbonyl (C=O) groups excluding carboxylic acids is 1. The van der Waals surface area contributed by atoms with Crippen LogP contribution in [0.3, 0.4) is 0 Å². The van der Waals surface area contributed by atoms with Crippen molar-refractivity contribution in [1.29, 1.82) is 0 Å². The average Bonchev–Trinajstić information content (AvgIpc) is 3.16. The predicted molar refractivity (Wildman–Crippen MR) is 103 cm³/mol. The van der Waals surface area contributed by atoms with Crippen molar-refractivity contribution in [2.45, 2.75) is 24.9 Å². The Kier molecular flexibility index (Phi) is 5.38. The first-order valence-electron chi connectivity index (χ1n) is 9.28. The number of anilines is 1. The van der Waals surface area contributed by atoms with Gasteiger partial charge in [0.15, 0.2) is 0 Å². The van der Waals surface area contributed by atoms with E-state index in [0.29, 0.717) is 19.8 Å². The molecule has 2 aromatic rings. The minimum Gasteiger partial charge on any atom is -0.383 e. The fourth-order valence-corrected chi connectivity index (χ4v) is 5.11. The van der Waals surface area contributed by atoms with Gasteiger partial charge >= 0.3 is 0 Å². The van der Waals surface area contributed by atoms with Crippen LogP contribution in [0.5, 0.6) is 0 Å². The summed E-state index contributed by atoms with van der Waals surface area (Å²) in [6, 6.07) is 3.87. The van der Waals surface area contributed by atoms with Gasteiger partial charge in [0.1, 0.15) is 5.60 Å². The summed E-state index contributed by atoms with van der Waals surface area (Å²) in [6.07, 6.45) is 6.17. The van der Waals surface area contributed by atoms with Crippen LogP contribution in [0.25, 0.3) is 0 Å². The van der Waals surface area contributed by atoms with E-state index >= 15 is 0 Å². The monoisotopic (exact) mass is 388 g/mol. The van der Waals surface area contributed by atoms with Crippen LogP contribution in [0.1, 0.15) is 33.0 Å². The second-order valence-corrected chi connectivity index (χ2v) is 7.89. The molecule has 1 spiro atoms. The second kappa shape index (κ2) is 7.92. The van der Waals surface area contributed by atoms with Gasteiger partial charge in [0.05, 0.1) is 18.1 Å². The van der Waals surface area contributed by atoms with E-state index in [9.17, 15) is 4.79 Å². The molecule has 1 N–H and O–H groups in total. The number of amides is 1. The largest absolute Gasteiger partial charge is 0.383 e. The van der Waals surface area contributed by atoms with Gasteiger partial charge in [0.2, 0.25) is 5.95 Å². The van der Waals surface area contributed by atoms with E-state index in [2.05, 4.69) is 20.2 Å². The number of methoxy groups -OCH3 is 1. The quantitative estimate of drug-likeness (QED) is 0.790. The van der Waals surface area contributed by atoms with E-state index in [-0.39, 0.29) is 11.5 Å². The SMILES string of the molecule is COCCNC(=O)c1cc2c(s1)C1(CCN(c3ncccn3)CC1)OCC2. The lowest BCUT2D eigenvalue weighted by atomic mass is 9.85. The van der Waals surface area contributed by atoms with Crippen LogP contribution >= 0.6 is 11.3 Å². The van der Waals surface area contributed by atoms with Crippen molar-refractivity contribution in [1.82, 2.24) is 15.3 Å². The van der Waals surface area contributed by atoms with Gasteiger partial charge in [-0.05, 0) is 37.0 Å². The summed E-state index contributed by atoms with van der Waals surface area (Å²) in [6.45, 7) is 3.43. The van der Waals surface area contributed by atoms with Crippen molar-refractivity contribution in [2.75, 3.05) is 44.9 Å². The smallest absolute Gasteiger partial charge is 0.261 e. The first-order chi connectivity index (χ1) is 13.2. The topological polar surface area (TPSA) is 76.6 Å². The minimum absolute atomic E-state index is 0.0308. The Labute approximate surface area is 162 Å². The molecule has 27 heavy (non-hydrogen) atoms. The Hall–Kier alpha value is -2.03. The summed E-state index contributed by atoms with van der Waals surface area (Å²) in [7, 11) is 1.63. The Morgan fingerprint density at radius 2 is 2.15 bits per heavy atom. The average molecular weight is 388 g/mol. The van der Waals surface area contributed by atoms with Crippen LogP contribution in [-0.2, 0) is 21.5 Å². The van der Waals surface area contributed by atoms with Crippen LogP contribution in [0.2, 0.25) is 0 Å². The van der Waals surface area contributed by atoms with Crippen molar-refractivity contribution in [2.24, 2.45) is 0 Å². The number of rotatable bonds is 5. The number of hydrogen-bond donors (Lipinski definition) is 1. The van der Waals surface area contributed by atoms with Gasteiger partial charge in [-0.3, -0.25) is 4.79 Å². The Morgan fingerprint density at radius 1 is 1.37 bits per heavy atom. The summed E-state index contributed by atoms with van der Waals surface area (Å²) >= 11 is 1.58. The standard InChI is InChI=1S/C19H24N4O3S/c1-25-12-8-20-17(24)15-13-14-3-11-26-19(16(14)27-15)4-9-23(10-5-19)18-21-6-2-7-22-18/h2,6-7,13H,3-5,8-12H2,1H3,(H,20,24). The summed E-state index contributed by atoms with van der Waals surface area (Å²) in [5.41, 5.74) is 0.974. The molecule has 0 bridgehead atoms. The highest BCUT2D eigenvalue weighted by molar-refractivity contribution is 7.14. The van der Waals surface area contributed by atoms with Gasteiger partial charge in [-0.1, -0.05) is 0 Å². The first-order valence-corrected chi connectivity index (χ1v) is 10.1. The summed E-state index contributed by atoms with van der Waals surface area (Å²) < 4.78 is 11.3. The molecular formula is C19H24N4O3S. The molecule has 2 aliphatic heterocycles. The first kappa shape index (κ1) is 18.3. The fourth-order valence-electron chi connectivity index (χ4n) is 3.78. The maximum absolute atomic E-state index is 12.4. The van der Waals surface area contributed by atoms with Crippen molar-refractivity contribution >= 4 is 23.2 Å². The van der Waals surface area contributed by atoms with Gasteiger partial charge in [-0.2, -0.15) is 0 Å². The molecule has 4 heterocycles. The zero-order chi connectivity index (χ0) is 18.7. The molecule has 0 aromatic carbocycles. The number of ether oxygens (including phenoxy) is 2. The zero-order valence-electron chi connectivity index (χ0n) is 15.4. The van der Waals surface area contributed by atoms with Crippen LogP contribution in [0.4, 0.5) is 5.95 Å². The molecule has 0 aliphatic carbocycles. The number of nitrogens with zero attached hydrogens (tertiary/aromatic N) is 3. The van der Waals surface area contributed by atoms with E-state index in [0.717, 1.165) is 43.2 Å². The number of nitrogens with one attached hydrogen (secondary N) is 1. The minimum atomic E-state index is -0.283. The van der Waals surface area contributed by atoms with E-state index in [4.69, 9.17) is 9.47 Å². The molecule has 144 valence electrons. The van der Waals surface area contributed by atoms with E-state index in [1.807, 2.05) is 12.1 Å². The van der Waals surface area contributed by atoms with Crippen LogP contribution < -0.4 is 10.2 Å². The maximum atomic E-state index is 12.4. The molecule has 4 rings (SSSR count). The number of piperidine rings is 1. The number of fused-ring (bicyclic) bond motifs is 2. The molecule has 0 radical (unpaired) electrons. The Bertz CT molecular complexity index is 788. The molecule has 1 saturated heterocycles. The Morgan fingerprint density at radius 3 is 2.89 bits per heavy atom. The summed E-state index contributed by atoms with van der Waals surface area (Å²) in [5, 5.41) is 2.91. The second-order valence-electron chi connectivity index (χ2n) is 6.84. The maximum Gasteiger partial charge on any atom is 0.261 e. The number of hydrogen-bond acceptors (Lipinski definition) is 7. The summed E-state index contributed by atoms with van der Waals surface area (Å²) in [5.74, 6) is 0.740. The molecule has 8 heteroatoms. The lowest BCUT2D eigenvalue weighted by molar-refractivity contribution is -0.0736. The molecule has 1 amide bonds. The molecule has 2 aliphatic rings. The molecule has 0 saturated carbocycles. The van der Waals surface area contributed by atoms with Gasteiger partial charge in [-0.15, -0.1) is 11.3 Å². The molecule has 0 atom stereocenters. The van der Waals surface area contributed by atoms with Crippen molar-refractivity contribution < 1.29 is 14.3 Å². The molecule has 2 aromatic heterocycles. The van der Waals surface area contributed by atoms with E-state index in [1.54, 1.807) is 30.8 Å². The van der Waals surface area contributed by atoms with Crippen LogP contribution in [0.15, 0.2) is 24.5 Å². The van der Waals surface area contributed by atoms with Gasteiger partial charge in [0.25, 0.3) is 5.91 Å². The lowest BCUT2D eigenvalue weighted by Gasteiger charge is -2.43. The lowest BCUT2D eigenvalue weighted by Crippen LogP contribution is -2.46. The zero-order valence-corrected chi connectivity index (χ0v) is 16.3. The van der Waals surface area contributed by atoms with Crippen LogP contribution in [0, 0.1) is 0 Å². The summed E-state index contributed by atoms with van der Waals surface area (Å²) in [4.78, 5) is 25.3. The van der Waals surface area contributed by atoms with Gasteiger partial charge in [0, 0.05) is 44.0 Å². The highest BCUT2D eigenvalue weighted by Gasteiger charge is 2.43. The van der Waals surface area contributed by atoms with Crippen molar-refractivity contribution in [3.8, 4) is 0 Å². The third-order valence-corrected chi connectivity index (χ3v) is 6.56. The van der Waals surface area contributed by atoms with Gasteiger partial charge < -0.3 is 19.7 Å². The molecule has 0 unspecified atom stereocenters. The highest BCUT2D eigenvalue weighted by Crippen LogP contribution is 2.45. The highest BCUT2D eigenvalue weighted by atomic mass is 32.1. The van der Waals surface area contributed by atoms with Gasteiger partial charge in [-0.25, -0.2) is 9.97 Å². The fraction of sp³-hybridized carbons (Fsp3) is 0.526. The Balaban J connectivity index is 1.49. The molecule has 1 fully saturated rings. The predicted octanol–water partition coefficient (Wildman–Crippen LogP) is 1.98. The molecule has 7 nitrogen and oxygen atoms in total. The third-order valence-electron chi connectivity index (χ3n) is 5.19. The number of carbonyl (C=O) groups is 1. The van der Waals surface area contributed by atoms with Crippen LogP contribution in [-0.4, -0.2) is 55.8 Å².